The molecule has 96 valence electrons. The molecule has 0 unspecified atom stereocenters. The van der Waals surface area contributed by atoms with Crippen LogP contribution in [0.2, 0.25) is 0 Å². The highest BCUT2D eigenvalue weighted by molar-refractivity contribution is 7.98. The number of nitrogens with zero attached hydrogens (tertiary/aromatic N) is 1. The molecule has 1 heterocycles. The molecule has 17 heavy (non-hydrogen) atoms. The standard InChI is InChI=1S/C11H17NO3S2/c1-4-5-8-16-9-10-6-7-11(15-10)17(13,14)12(2)3/h4-7H,8-9H2,1-3H3/b5-4+. The van der Waals surface area contributed by atoms with E-state index < -0.39 is 10.0 Å². The molecule has 0 saturated heterocycles. The maximum absolute atomic E-state index is 11.7. The highest BCUT2D eigenvalue weighted by Crippen LogP contribution is 2.20. The van der Waals surface area contributed by atoms with E-state index in [2.05, 4.69) is 0 Å². The minimum Gasteiger partial charge on any atom is -0.447 e. The molecule has 0 fully saturated rings. The van der Waals surface area contributed by atoms with E-state index in [9.17, 15) is 8.42 Å². The lowest BCUT2D eigenvalue weighted by molar-refractivity contribution is 0.408. The molecule has 0 aliphatic heterocycles. The van der Waals surface area contributed by atoms with Crippen LogP contribution in [-0.4, -0.2) is 32.6 Å². The van der Waals surface area contributed by atoms with E-state index in [-0.39, 0.29) is 5.09 Å². The molecule has 0 aromatic carbocycles. The van der Waals surface area contributed by atoms with Crippen molar-refractivity contribution in [3.63, 3.8) is 0 Å². The average molecular weight is 275 g/mol. The van der Waals surface area contributed by atoms with Crippen LogP contribution >= 0.6 is 11.8 Å². The van der Waals surface area contributed by atoms with Gasteiger partial charge in [0.25, 0.3) is 10.0 Å². The molecule has 0 N–H and O–H groups in total. The highest BCUT2D eigenvalue weighted by atomic mass is 32.2. The van der Waals surface area contributed by atoms with Gasteiger partial charge in [0.05, 0.1) is 5.75 Å². The predicted molar refractivity (Wildman–Crippen MR) is 70.6 cm³/mol. The van der Waals surface area contributed by atoms with Crippen LogP contribution in [0.5, 0.6) is 0 Å². The molecule has 0 amide bonds. The number of hydrogen-bond donors (Lipinski definition) is 0. The van der Waals surface area contributed by atoms with E-state index in [1.165, 1.54) is 20.2 Å². The molecule has 0 bridgehead atoms. The number of thioether (sulfide) groups is 1. The fourth-order valence-electron chi connectivity index (χ4n) is 1.08. The van der Waals surface area contributed by atoms with Crippen molar-refractivity contribution in [1.29, 1.82) is 0 Å². The third-order valence-electron chi connectivity index (χ3n) is 2.07. The Balaban J connectivity index is 2.66. The molecule has 1 rings (SSSR count). The quantitative estimate of drug-likeness (QED) is 0.590. The van der Waals surface area contributed by atoms with Crippen molar-refractivity contribution in [2.75, 3.05) is 19.8 Å². The van der Waals surface area contributed by atoms with E-state index in [0.29, 0.717) is 11.5 Å². The largest absolute Gasteiger partial charge is 0.447 e. The summed E-state index contributed by atoms with van der Waals surface area (Å²) in [6.45, 7) is 1.97. The fraction of sp³-hybridized carbons (Fsp3) is 0.455. The molecule has 1 aromatic rings. The molecule has 1 aromatic heterocycles. The second-order valence-electron chi connectivity index (χ2n) is 3.59. The lowest BCUT2D eigenvalue weighted by atomic mass is 10.5. The Morgan fingerprint density at radius 3 is 2.71 bits per heavy atom. The van der Waals surface area contributed by atoms with E-state index in [4.69, 9.17) is 4.42 Å². The second-order valence-corrected chi connectivity index (χ2v) is 6.71. The molecular formula is C11H17NO3S2. The summed E-state index contributed by atoms with van der Waals surface area (Å²) < 4.78 is 29.9. The monoisotopic (exact) mass is 275 g/mol. The normalized spacial score (nSPS) is 12.7. The van der Waals surface area contributed by atoms with E-state index in [1.807, 2.05) is 19.1 Å². The van der Waals surface area contributed by atoms with E-state index >= 15 is 0 Å². The van der Waals surface area contributed by atoms with Gasteiger partial charge < -0.3 is 4.42 Å². The van der Waals surface area contributed by atoms with Crippen LogP contribution < -0.4 is 0 Å². The Hall–Kier alpha value is -0.720. The summed E-state index contributed by atoms with van der Waals surface area (Å²) in [6, 6.07) is 3.21. The van der Waals surface area contributed by atoms with Crippen LogP contribution in [0.3, 0.4) is 0 Å². The van der Waals surface area contributed by atoms with Crippen molar-refractivity contribution in [1.82, 2.24) is 4.31 Å². The number of sulfonamides is 1. The first-order chi connectivity index (χ1) is 7.98. The first-order valence-electron chi connectivity index (χ1n) is 5.18. The number of furan rings is 1. The van der Waals surface area contributed by atoms with Crippen LogP contribution in [0.1, 0.15) is 12.7 Å². The van der Waals surface area contributed by atoms with Crippen LogP contribution in [0, 0.1) is 0 Å². The van der Waals surface area contributed by atoms with Gasteiger partial charge in [-0.1, -0.05) is 12.2 Å². The van der Waals surface area contributed by atoms with Crippen molar-refractivity contribution < 1.29 is 12.8 Å². The molecule has 0 atom stereocenters. The predicted octanol–water partition coefficient (Wildman–Crippen LogP) is 2.34. The third-order valence-corrected chi connectivity index (χ3v) is 4.67. The minimum atomic E-state index is -3.45. The second kappa shape index (κ2) is 6.28. The summed E-state index contributed by atoms with van der Waals surface area (Å²) >= 11 is 1.67. The Morgan fingerprint density at radius 2 is 2.12 bits per heavy atom. The van der Waals surface area contributed by atoms with Gasteiger partial charge in [-0.2, -0.15) is 0 Å². The molecular weight excluding hydrogens is 258 g/mol. The number of rotatable bonds is 6. The summed E-state index contributed by atoms with van der Waals surface area (Å²) in [5, 5.41) is 0.00383. The Kier molecular flexibility index (Phi) is 5.30. The Bertz CT molecular complexity index is 475. The maximum Gasteiger partial charge on any atom is 0.275 e. The molecule has 0 spiro atoms. The SMILES string of the molecule is C/C=C/CSCc1ccc(S(=O)(=O)N(C)C)o1. The van der Waals surface area contributed by atoms with Crippen LogP contribution in [-0.2, 0) is 15.8 Å². The first kappa shape index (κ1) is 14.3. The topological polar surface area (TPSA) is 50.5 Å². The molecule has 0 aliphatic carbocycles. The lowest BCUT2D eigenvalue weighted by Gasteiger charge is -2.07. The van der Waals surface area contributed by atoms with Crippen molar-refractivity contribution in [3.05, 3.63) is 30.0 Å². The van der Waals surface area contributed by atoms with Gasteiger partial charge in [0.1, 0.15) is 5.76 Å². The maximum atomic E-state index is 11.7. The van der Waals surface area contributed by atoms with Crippen LogP contribution in [0.25, 0.3) is 0 Å². The highest BCUT2D eigenvalue weighted by Gasteiger charge is 2.21. The van der Waals surface area contributed by atoms with Gasteiger partial charge in [0.15, 0.2) is 0 Å². The zero-order valence-electron chi connectivity index (χ0n) is 10.2. The third kappa shape index (κ3) is 3.90. The van der Waals surface area contributed by atoms with E-state index in [0.717, 1.165) is 10.1 Å². The zero-order valence-corrected chi connectivity index (χ0v) is 11.8. The number of hydrogen-bond acceptors (Lipinski definition) is 4. The Labute approximate surface area is 107 Å². The minimum absolute atomic E-state index is 0.00383. The summed E-state index contributed by atoms with van der Waals surface area (Å²) in [4.78, 5) is 0. The summed E-state index contributed by atoms with van der Waals surface area (Å²) in [7, 11) is -0.479. The molecule has 4 nitrogen and oxygen atoms in total. The van der Waals surface area contributed by atoms with E-state index in [1.54, 1.807) is 17.8 Å². The molecule has 0 radical (unpaired) electrons. The van der Waals surface area contributed by atoms with Crippen LogP contribution in [0.15, 0.2) is 33.8 Å². The van der Waals surface area contributed by atoms with Crippen molar-refractivity contribution in [2.45, 2.75) is 17.8 Å². The lowest BCUT2D eigenvalue weighted by Crippen LogP contribution is -2.21. The zero-order chi connectivity index (χ0) is 12.9. The van der Waals surface area contributed by atoms with Gasteiger partial charge in [-0.05, 0) is 19.1 Å². The Morgan fingerprint density at radius 1 is 1.41 bits per heavy atom. The van der Waals surface area contributed by atoms with Crippen molar-refractivity contribution in [3.8, 4) is 0 Å². The van der Waals surface area contributed by atoms with Crippen LogP contribution in [0.4, 0.5) is 0 Å². The molecule has 0 saturated carbocycles. The summed E-state index contributed by atoms with van der Waals surface area (Å²) in [5.74, 6) is 2.25. The van der Waals surface area contributed by atoms with Crippen molar-refractivity contribution in [2.24, 2.45) is 0 Å². The summed E-state index contributed by atoms with van der Waals surface area (Å²) in [6.07, 6.45) is 4.03. The van der Waals surface area contributed by atoms with Gasteiger partial charge in [0.2, 0.25) is 5.09 Å². The van der Waals surface area contributed by atoms with Gasteiger partial charge in [-0.15, -0.1) is 11.8 Å². The van der Waals surface area contributed by atoms with Gasteiger partial charge in [-0.25, -0.2) is 12.7 Å². The molecule has 6 heteroatoms. The van der Waals surface area contributed by atoms with Gasteiger partial charge in [0, 0.05) is 19.8 Å². The molecule has 0 aliphatic rings. The van der Waals surface area contributed by atoms with Crippen molar-refractivity contribution >= 4 is 21.8 Å². The summed E-state index contributed by atoms with van der Waals surface area (Å²) in [5.41, 5.74) is 0. The fourth-order valence-corrected chi connectivity index (χ4v) is 2.69. The average Bonchev–Trinajstić information content (AvgIpc) is 2.73. The van der Waals surface area contributed by atoms with Gasteiger partial charge >= 0.3 is 0 Å². The van der Waals surface area contributed by atoms with Gasteiger partial charge in [-0.3, -0.25) is 0 Å². The number of allylic oxidation sites excluding steroid dienone is 1. The smallest absolute Gasteiger partial charge is 0.275 e. The first-order valence-corrected chi connectivity index (χ1v) is 7.78.